The van der Waals surface area contributed by atoms with Crippen molar-refractivity contribution < 1.29 is 32.8 Å². The molecule has 2 rings (SSSR count). The average molecular weight is 323 g/mol. The van der Waals surface area contributed by atoms with E-state index in [-0.39, 0.29) is 37.2 Å². The summed E-state index contributed by atoms with van der Waals surface area (Å²) in [7, 11) is 0. The monoisotopic (exact) mass is 323 g/mol. The molecule has 0 spiro atoms. The van der Waals surface area contributed by atoms with Crippen LogP contribution in [0.5, 0.6) is 0 Å². The summed E-state index contributed by atoms with van der Waals surface area (Å²) in [5.74, 6) is 0. The van der Waals surface area contributed by atoms with Crippen LogP contribution in [0.4, 0.5) is 0 Å². The number of hydrogen-bond donors (Lipinski definition) is 0. The minimum atomic E-state index is -2.14. The van der Waals surface area contributed by atoms with Crippen LogP contribution in [0.3, 0.4) is 0 Å². The maximum absolute atomic E-state index is 6.21. The van der Waals surface area contributed by atoms with Crippen molar-refractivity contribution in [3.63, 3.8) is 0 Å². The molecule has 0 amide bonds. The Labute approximate surface area is 157 Å². The number of pyridine rings is 1. The molecule has 0 radical (unpaired) electrons. The molecule has 0 aliphatic heterocycles. The molecular formula is C18H27BLiNO3. The Kier molecular flexibility index (Phi) is 7.98. The predicted octanol–water partition coefficient (Wildman–Crippen LogP) is 0.660. The first kappa shape index (κ1) is 21.2. The quantitative estimate of drug-likeness (QED) is 0.702. The molecule has 1 heterocycles. The van der Waals surface area contributed by atoms with E-state index in [9.17, 15) is 0 Å². The molecule has 0 fully saturated rings. The van der Waals surface area contributed by atoms with Gasteiger partial charge in [0, 0.05) is 24.5 Å². The van der Waals surface area contributed by atoms with Crippen LogP contribution in [0, 0.1) is 0 Å². The Morgan fingerprint density at radius 3 is 1.79 bits per heavy atom. The number of aromatic nitrogens is 1. The van der Waals surface area contributed by atoms with Gasteiger partial charge < -0.3 is 14.0 Å². The van der Waals surface area contributed by atoms with E-state index in [1.807, 2.05) is 65.8 Å². The first-order chi connectivity index (χ1) is 10.8. The van der Waals surface area contributed by atoms with Crippen LogP contribution in [-0.2, 0) is 14.0 Å². The Morgan fingerprint density at radius 2 is 1.29 bits per heavy atom. The first-order valence-electron chi connectivity index (χ1n) is 8.35. The van der Waals surface area contributed by atoms with Crippen LogP contribution < -0.4 is 24.5 Å². The molecule has 6 heteroatoms. The van der Waals surface area contributed by atoms with Crippen molar-refractivity contribution in [1.29, 1.82) is 0 Å². The number of nitrogens with zero attached hydrogens (tertiary/aromatic N) is 1. The van der Waals surface area contributed by atoms with Gasteiger partial charge in [-0.05, 0) is 64.0 Å². The van der Waals surface area contributed by atoms with Crippen molar-refractivity contribution in [2.75, 3.05) is 0 Å². The van der Waals surface area contributed by atoms with Gasteiger partial charge in [0.25, 0.3) is 0 Å². The Hall–Kier alpha value is -0.828. The molecular weight excluding hydrogens is 296 g/mol. The predicted molar refractivity (Wildman–Crippen MR) is 95.8 cm³/mol. The molecule has 0 saturated carbocycles. The zero-order valence-corrected chi connectivity index (χ0v) is 15.9. The molecule has 126 valence electrons. The van der Waals surface area contributed by atoms with Crippen molar-refractivity contribution >= 4 is 23.1 Å². The topological polar surface area (TPSA) is 40.6 Å². The van der Waals surface area contributed by atoms with Gasteiger partial charge in [-0.25, -0.2) is 0 Å². The summed E-state index contributed by atoms with van der Waals surface area (Å²) >= 11 is 0. The third kappa shape index (κ3) is 5.08. The van der Waals surface area contributed by atoms with E-state index in [1.54, 1.807) is 6.20 Å². The minimum Gasteiger partial charge on any atom is -0.538 e. The van der Waals surface area contributed by atoms with E-state index >= 15 is 0 Å². The summed E-state index contributed by atoms with van der Waals surface area (Å²) in [4.78, 5) is 4.59. The summed E-state index contributed by atoms with van der Waals surface area (Å²) in [6, 6.07) is 10.1. The van der Waals surface area contributed by atoms with E-state index in [0.717, 1.165) is 16.4 Å². The standard InChI is InChI=1S/C18H27BNO3.Li/c1-13(2)21-19(22-14(3)4,23-15(5)6)18-17-10-8-7-9-16(17)11-12-20-18;/h7-15H,1-6H3;/q-1;+1. The Balaban J connectivity index is 0.00000288. The zero-order chi connectivity index (χ0) is 17.0. The van der Waals surface area contributed by atoms with Crippen molar-refractivity contribution in [3.05, 3.63) is 36.5 Å². The summed E-state index contributed by atoms with van der Waals surface area (Å²) < 4.78 is 18.6. The van der Waals surface area contributed by atoms with Crippen molar-refractivity contribution in [1.82, 2.24) is 4.98 Å². The fourth-order valence-corrected chi connectivity index (χ4v) is 2.79. The molecule has 2 aromatic rings. The van der Waals surface area contributed by atoms with Gasteiger partial charge >= 0.3 is 25.6 Å². The molecule has 0 unspecified atom stereocenters. The van der Waals surface area contributed by atoms with Crippen LogP contribution in [0.15, 0.2) is 36.5 Å². The van der Waals surface area contributed by atoms with Gasteiger partial charge in [-0.3, -0.25) is 4.98 Å². The van der Waals surface area contributed by atoms with Gasteiger partial charge in [-0.1, -0.05) is 24.3 Å². The van der Waals surface area contributed by atoms with Crippen molar-refractivity contribution in [3.8, 4) is 0 Å². The molecule has 1 aromatic carbocycles. The summed E-state index contributed by atoms with van der Waals surface area (Å²) in [5, 5.41) is 2.09. The second-order valence-corrected chi connectivity index (χ2v) is 6.61. The fraction of sp³-hybridized carbons (Fsp3) is 0.500. The van der Waals surface area contributed by atoms with Crippen LogP contribution in [0.1, 0.15) is 41.5 Å². The normalized spacial score (nSPS) is 12.2. The largest absolute Gasteiger partial charge is 1.00 e. The van der Waals surface area contributed by atoms with Crippen molar-refractivity contribution in [2.24, 2.45) is 0 Å². The van der Waals surface area contributed by atoms with E-state index in [1.165, 1.54) is 0 Å². The van der Waals surface area contributed by atoms with Crippen molar-refractivity contribution in [2.45, 2.75) is 59.9 Å². The number of hydrogen-bond acceptors (Lipinski definition) is 4. The van der Waals surface area contributed by atoms with Gasteiger partial charge in [-0.2, -0.15) is 0 Å². The SMILES string of the molecule is CC(C)O[B-](OC(C)C)(OC(C)C)c1nccc2ccccc12.[Li+]. The molecule has 4 nitrogen and oxygen atoms in total. The number of rotatable bonds is 7. The Morgan fingerprint density at radius 1 is 0.792 bits per heavy atom. The third-order valence-corrected chi connectivity index (χ3v) is 3.39. The van der Waals surface area contributed by atoms with E-state index in [4.69, 9.17) is 14.0 Å². The number of fused-ring (bicyclic) bond motifs is 1. The first-order valence-corrected chi connectivity index (χ1v) is 8.35. The van der Waals surface area contributed by atoms with Crippen LogP contribution in [-0.4, -0.2) is 30.1 Å². The number of benzene rings is 1. The molecule has 0 bridgehead atoms. The summed E-state index contributed by atoms with van der Waals surface area (Å²) in [6.07, 6.45) is 1.64. The smallest absolute Gasteiger partial charge is 0.538 e. The van der Waals surface area contributed by atoms with Gasteiger partial charge in [0.15, 0.2) is 0 Å². The summed E-state index contributed by atoms with van der Waals surface area (Å²) in [6.45, 7) is 9.75. The molecule has 0 atom stereocenters. The second-order valence-electron chi connectivity index (χ2n) is 6.61. The molecule has 0 aliphatic carbocycles. The molecule has 0 N–H and O–H groups in total. The van der Waals surface area contributed by atoms with E-state index < -0.39 is 6.75 Å². The van der Waals surface area contributed by atoms with E-state index in [0.29, 0.717) is 0 Å². The molecule has 0 saturated heterocycles. The van der Waals surface area contributed by atoms with Gasteiger partial charge in [-0.15, -0.1) is 0 Å². The van der Waals surface area contributed by atoms with Crippen LogP contribution in [0.2, 0.25) is 0 Å². The summed E-state index contributed by atoms with van der Waals surface area (Å²) in [5.41, 5.74) is 0.721. The molecule has 0 aliphatic rings. The Bertz CT molecular complexity index is 617. The van der Waals surface area contributed by atoms with Crippen LogP contribution >= 0.6 is 0 Å². The third-order valence-electron chi connectivity index (χ3n) is 3.39. The molecule has 24 heavy (non-hydrogen) atoms. The van der Waals surface area contributed by atoms with Gasteiger partial charge in [0.05, 0.1) is 0 Å². The zero-order valence-electron chi connectivity index (χ0n) is 15.9. The second kappa shape index (κ2) is 9.03. The fourth-order valence-electron chi connectivity index (χ4n) is 2.79. The van der Waals surface area contributed by atoms with Gasteiger partial charge in [0.2, 0.25) is 0 Å². The van der Waals surface area contributed by atoms with Gasteiger partial charge in [0.1, 0.15) is 0 Å². The van der Waals surface area contributed by atoms with Crippen LogP contribution in [0.25, 0.3) is 10.8 Å². The average Bonchev–Trinajstić information content (AvgIpc) is 2.44. The maximum atomic E-state index is 6.21. The molecule has 1 aromatic heterocycles. The maximum Gasteiger partial charge on any atom is 1.00 e. The van der Waals surface area contributed by atoms with E-state index in [2.05, 4.69) is 11.1 Å². The minimum absolute atomic E-state index is 0.